The van der Waals surface area contributed by atoms with Gasteiger partial charge in [0.25, 0.3) is 0 Å². The highest BCUT2D eigenvalue weighted by molar-refractivity contribution is 5.10. The van der Waals surface area contributed by atoms with E-state index in [0.29, 0.717) is 0 Å². The molecule has 1 atom stereocenters. The fourth-order valence-electron chi connectivity index (χ4n) is 0.668. The van der Waals surface area contributed by atoms with Crippen LogP contribution in [0.4, 0.5) is 0 Å². The highest BCUT2D eigenvalue weighted by Crippen LogP contribution is 2.07. The van der Waals surface area contributed by atoms with E-state index in [1.54, 1.807) is 0 Å². The average molecular weight is 138 g/mol. The molecule has 10 heavy (non-hydrogen) atoms. The van der Waals surface area contributed by atoms with Crippen LogP contribution in [0.5, 0.6) is 0 Å². The first-order valence-corrected chi connectivity index (χ1v) is 3.98. The van der Waals surface area contributed by atoms with Crippen molar-refractivity contribution in [3.63, 3.8) is 0 Å². The Kier molecular flexibility index (Phi) is 5.00. The number of rotatable bonds is 4. The van der Waals surface area contributed by atoms with Crippen LogP contribution in [-0.2, 0) is 0 Å². The van der Waals surface area contributed by atoms with Crippen LogP contribution in [0, 0.1) is 5.92 Å². The van der Waals surface area contributed by atoms with Gasteiger partial charge in [0.05, 0.1) is 0 Å². The number of hydrogen-bond donors (Lipinski definition) is 0. The van der Waals surface area contributed by atoms with Gasteiger partial charge in [-0.25, -0.2) is 0 Å². The third-order valence-corrected chi connectivity index (χ3v) is 1.64. The highest BCUT2D eigenvalue weighted by Gasteiger charge is 1.92. The van der Waals surface area contributed by atoms with Crippen LogP contribution in [0.3, 0.4) is 0 Å². The Morgan fingerprint density at radius 2 is 2.20 bits per heavy atom. The lowest BCUT2D eigenvalue weighted by Gasteiger charge is -2.01. The van der Waals surface area contributed by atoms with Crippen molar-refractivity contribution in [1.29, 1.82) is 0 Å². The van der Waals surface area contributed by atoms with Crippen LogP contribution in [0.15, 0.2) is 24.3 Å². The van der Waals surface area contributed by atoms with E-state index < -0.39 is 0 Å². The summed E-state index contributed by atoms with van der Waals surface area (Å²) in [6.07, 6.45) is 6.74. The van der Waals surface area contributed by atoms with E-state index in [1.807, 2.05) is 6.92 Å². The molecule has 0 N–H and O–H groups in total. The number of hydrogen-bond acceptors (Lipinski definition) is 0. The first-order chi connectivity index (χ1) is 4.66. The van der Waals surface area contributed by atoms with Crippen LogP contribution >= 0.6 is 0 Å². The molecule has 0 spiro atoms. The molecule has 58 valence electrons. The molecular weight excluding hydrogens is 120 g/mol. The summed E-state index contributed by atoms with van der Waals surface area (Å²) >= 11 is 0. The maximum Gasteiger partial charge on any atom is -0.0322 e. The quantitative estimate of drug-likeness (QED) is 0.521. The van der Waals surface area contributed by atoms with Gasteiger partial charge in [-0.2, -0.15) is 0 Å². The van der Waals surface area contributed by atoms with E-state index in [1.165, 1.54) is 12.8 Å². The van der Waals surface area contributed by atoms with Gasteiger partial charge in [-0.1, -0.05) is 44.6 Å². The number of allylic oxidation sites excluding steroid dienone is 3. The van der Waals surface area contributed by atoms with Gasteiger partial charge in [0.2, 0.25) is 0 Å². The fraction of sp³-hybridized carbons (Fsp3) is 0.600. The van der Waals surface area contributed by atoms with Crippen molar-refractivity contribution in [3.8, 4) is 0 Å². The van der Waals surface area contributed by atoms with Crippen molar-refractivity contribution in [2.24, 2.45) is 5.92 Å². The normalized spacial score (nSPS) is 13.9. The summed E-state index contributed by atoms with van der Waals surface area (Å²) in [4.78, 5) is 0. The fourth-order valence-corrected chi connectivity index (χ4v) is 0.668. The third-order valence-electron chi connectivity index (χ3n) is 1.64. The van der Waals surface area contributed by atoms with Crippen LogP contribution in [0.1, 0.15) is 33.6 Å². The van der Waals surface area contributed by atoms with Crippen molar-refractivity contribution < 1.29 is 0 Å². The third kappa shape index (κ3) is 5.61. The summed E-state index contributed by atoms with van der Waals surface area (Å²) in [5.41, 5.74) is 1.14. The van der Waals surface area contributed by atoms with Gasteiger partial charge in [-0.15, -0.1) is 0 Å². The second kappa shape index (κ2) is 5.28. The molecule has 0 aliphatic carbocycles. The van der Waals surface area contributed by atoms with E-state index in [4.69, 9.17) is 0 Å². The van der Waals surface area contributed by atoms with E-state index in [9.17, 15) is 0 Å². The summed E-state index contributed by atoms with van der Waals surface area (Å²) < 4.78 is 0. The first-order valence-electron chi connectivity index (χ1n) is 3.98. The molecule has 0 amide bonds. The molecule has 0 nitrogen and oxygen atoms in total. The molecule has 1 unspecified atom stereocenters. The average Bonchev–Trinajstić information content (AvgIpc) is 1.87. The predicted molar refractivity (Wildman–Crippen MR) is 48.0 cm³/mol. The van der Waals surface area contributed by atoms with Gasteiger partial charge in [0.15, 0.2) is 0 Å². The van der Waals surface area contributed by atoms with Crippen molar-refractivity contribution in [1.82, 2.24) is 0 Å². The minimum atomic E-state index is 0.815. The van der Waals surface area contributed by atoms with Crippen LogP contribution < -0.4 is 0 Å². The largest absolute Gasteiger partial charge is 0.0961 e. The molecule has 0 aliphatic heterocycles. The van der Waals surface area contributed by atoms with Crippen molar-refractivity contribution in [2.45, 2.75) is 33.6 Å². The smallest absolute Gasteiger partial charge is 0.0322 e. The summed E-state index contributed by atoms with van der Waals surface area (Å²) in [5, 5.41) is 0. The molecular formula is C10H18. The van der Waals surface area contributed by atoms with E-state index in [2.05, 4.69) is 32.6 Å². The second-order valence-corrected chi connectivity index (χ2v) is 3.00. The standard InChI is InChI=1S/C10H18/c1-5-10(4)8-6-7-9(2)3/h6-7,10H,2,5,8H2,1,3-4H3. The van der Waals surface area contributed by atoms with Gasteiger partial charge in [0, 0.05) is 0 Å². The minimum absolute atomic E-state index is 0.815. The predicted octanol–water partition coefficient (Wildman–Crippen LogP) is 3.55. The molecule has 0 saturated heterocycles. The Labute approximate surface area is 64.6 Å². The van der Waals surface area contributed by atoms with Crippen LogP contribution in [-0.4, -0.2) is 0 Å². The maximum absolute atomic E-state index is 3.79. The second-order valence-electron chi connectivity index (χ2n) is 3.00. The van der Waals surface area contributed by atoms with E-state index in [0.717, 1.165) is 11.5 Å². The lowest BCUT2D eigenvalue weighted by molar-refractivity contribution is 0.572. The SMILES string of the molecule is C=C(C)C=CCC(C)CC. The first kappa shape index (κ1) is 9.48. The van der Waals surface area contributed by atoms with Crippen molar-refractivity contribution >= 4 is 0 Å². The van der Waals surface area contributed by atoms with E-state index in [-0.39, 0.29) is 0 Å². The van der Waals surface area contributed by atoms with Gasteiger partial charge >= 0.3 is 0 Å². The zero-order valence-electron chi connectivity index (χ0n) is 7.35. The van der Waals surface area contributed by atoms with Gasteiger partial charge < -0.3 is 0 Å². The summed E-state index contributed by atoms with van der Waals surface area (Å²) in [5.74, 6) is 0.815. The zero-order valence-corrected chi connectivity index (χ0v) is 7.35. The minimum Gasteiger partial charge on any atom is -0.0961 e. The van der Waals surface area contributed by atoms with Gasteiger partial charge in [-0.05, 0) is 19.3 Å². The Bertz CT molecular complexity index is 120. The Balaban J connectivity index is 3.43. The van der Waals surface area contributed by atoms with Crippen molar-refractivity contribution in [2.75, 3.05) is 0 Å². The molecule has 0 radical (unpaired) electrons. The Hall–Kier alpha value is -0.520. The molecule has 0 saturated carbocycles. The van der Waals surface area contributed by atoms with Gasteiger partial charge in [-0.3, -0.25) is 0 Å². The lowest BCUT2D eigenvalue weighted by Crippen LogP contribution is -1.87. The maximum atomic E-state index is 3.79. The molecule has 0 aliphatic rings. The molecule has 0 bridgehead atoms. The van der Waals surface area contributed by atoms with E-state index >= 15 is 0 Å². The summed E-state index contributed by atoms with van der Waals surface area (Å²) in [6, 6.07) is 0. The summed E-state index contributed by atoms with van der Waals surface area (Å²) in [7, 11) is 0. The van der Waals surface area contributed by atoms with Crippen LogP contribution in [0.25, 0.3) is 0 Å². The molecule has 0 aromatic heterocycles. The molecule has 0 aromatic rings. The monoisotopic (exact) mass is 138 g/mol. The molecule has 0 heteroatoms. The zero-order chi connectivity index (χ0) is 7.98. The summed E-state index contributed by atoms with van der Waals surface area (Å²) in [6.45, 7) is 10.3. The molecule has 0 fully saturated rings. The molecule has 0 aromatic carbocycles. The topological polar surface area (TPSA) is 0 Å². The molecule has 0 heterocycles. The van der Waals surface area contributed by atoms with Crippen LogP contribution in [0.2, 0.25) is 0 Å². The molecule has 0 rings (SSSR count). The van der Waals surface area contributed by atoms with Crippen molar-refractivity contribution in [3.05, 3.63) is 24.3 Å². The van der Waals surface area contributed by atoms with Gasteiger partial charge in [0.1, 0.15) is 0 Å². The Morgan fingerprint density at radius 1 is 1.60 bits per heavy atom. The Morgan fingerprint density at radius 3 is 2.60 bits per heavy atom. The highest BCUT2D eigenvalue weighted by atomic mass is 14.0. The lowest BCUT2D eigenvalue weighted by atomic mass is 10.0.